The first-order chi connectivity index (χ1) is 6.61. The topological polar surface area (TPSA) is 32.3 Å². The van der Waals surface area contributed by atoms with E-state index >= 15 is 0 Å². The number of hydrogen-bond acceptors (Lipinski definition) is 2. The van der Waals surface area contributed by atoms with Gasteiger partial charge in [0, 0.05) is 26.1 Å². The summed E-state index contributed by atoms with van der Waals surface area (Å²) in [6.45, 7) is 1.50. The first-order valence-electron chi connectivity index (χ1n) is 5.01. The van der Waals surface area contributed by atoms with Crippen molar-refractivity contribution in [2.75, 3.05) is 19.6 Å². The van der Waals surface area contributed by atoms with Crippen molar-refractivity contribution < 1.29 is 13.6 Å². The highest BCUT2D eigenvalue weighted by Crippen LogP contribution is 2.29. The maximum absolute atomic E-state index is 13.2. The fourth-order valence-corrected chi connectivity index (χ4v) is 2.06. The molecule has 0 radical (unpaired) electrons. The van der Waals surface area contributed by atoms with Crippen LogP contribution >= 0.6 is 12.4 Å². The normalized spacial score (nSPS) is 28.9. The molecular weight excluding hydrogens is 226 g/mol. The molecule has 15 heavy (non-hydrogen) atoms. The van der Waals surface area contributed by atoms with Gasteiger partial charge in [-0.05, 0) is 12.8 Å². The van der Waals surface area contributed by atoms with Crippen molar-refractivity contribution in [3.05, 3.63) is 0 Å². The van der Waals surface area contributed by atoms with E-state index in [4.69, 9.17) is 0 Å². The molecule has 6 heteroatoms. The highest BCUT2D eigenvalue weighted by molar-refractivity contribution is 5.85. The van der Waals surface area contributed by atoms with Gasteiger partial charge in [-0.3, -0.25) is 4.79 Å². The SMILES string of the molecule is Cl.O=C([C@@H]1NCCC1(F)F)N1CCCC1. The highest BCUT2D eigenvalue weighted by atomic mass is 35.5. The minimum Gasteiger partial charge on any atom is -0.341 e. The summed E-state index contributed by atoms with van der Waals surface area (Å²) >= 11 is 0. The van der Waals surface area contributed by atoms with E-state index in [2.05, 4.69) is 5.32 Å². The fraction of sp³-hybridized carbons (Fsp3) is 0.889. The van der Waals surface area contributed by atoms with Crippen molar-refractivity contribution in [1.29, 1.82) is 0 Å². The lowest BCUT2D eigenvalue weighted by atomic mass is 10.1. The first kappa shape index (κ1) is 12.6. The van der Waals surface area contributed by atoms with Gasteiger partial charge in [0.2, 0.25) is 5.91 Å². The quantitative estimate of drug-likeness (QED) is 0.743. The second-order valence-corrected chi connectivity index (χ2v) is 3.93. The van der Waals surface area contributed by atoms with E-state index in [1.165, 1.54) is 4.90 Å². The predicted octanol–water partition coefficient (Wildman–Crippen LogP) is 1.03. The lowest BCUT2D eigenvalue weighted by molar-refractivity contribution is -0.140. The van der Waals surface area contributed by atoms with Crippen LogP contribution < -0.4 is 5.32 Å². The lowest BCUT2D eigenvalue weighted by Gasteiger charge is -2.23. The molecule has 2 aliphatic rings. The zero-order valence-electron chi connectivity index (χ0n) is 8.34. The van der Waals surface area contributed by atoms with Crippen molar-refractivity contribution in [1.82, 2.24) is 10.2 Å². The minimum atomic E-state index is -2.86. The number of nitrogens with zero attached hydrogens (tertiary/aromatic N) is 1. The van der Waals surface area contributed by atoms with Crippen LogP contribution in [0.1, 0.15) is 19.3 Å². The van der Waals surface area contributed by atoms with Gasteiger partial charge in [-0.25, -0.2) is 8.78 Å². The van der Waals surface area contributed by atoms with E-state index in [9.17, 15) is 13.6 Å². The van der Waals surface area contributed by atoms with Gasteiger partial charge in [-0.15, -0.1) is 12.4 Å². The smallest absolute Gasteiger partial charge is 0.273 e. The standard InChI is InChI=1S/C9H14F2N2O.ClH/c10-9(11)3-4-12-7(9)8(14)13-5-1-2-6-13;/h7,12H,1-6H2;1H/t7-;/m0./s1. The number of carbonyl (C=O) groups is 1. The second-order valence-electron chi connectivity index (χ2n) is 3.93. The number of amides is 1. The number of likely N-dealkylation sites (tertiary alicyclic amines) is 1. The average molecular weight is 241 g/mol. The van der Waals surface area contributed by atoms with Gasteiger partial charge < -0.3 is 10.2 Å². The molecule has 1 N–H and O–H groups in total. The van der Waals surface area contributed by atoms with Crippen LogP contribution in [0.5, 0.6) is 0 Å². The summed E-state index contributed by atoms with van der Waals surface area (Å²) in [5.41, 5.74) is 0. The van der Waals surface area contributed by atoms with Crippen LogP contribution in [0.3, 0.4) is 0 Å². The average Bonchev–Trinajstić information content (AvgIpc) is 2.71. The van der Waals surface area contributed by atoms with E-state index in [1.54, 1.807) is 0 Å². The third-order valence-electron chi connectivity index (χ3n) is 2.89. The molecule has 2 fully saturated rings. The van der Waals surface area contributed by atoms with Gasteiger partial charge in [0.1, 0.15) is 0 Å². The van der Waals surface area contributed by atoms with Crippen molar-refractivity contribution in [3.8, 4) is 0 Å². The zero-order chi connectivity index (χ0) is 10.2. The number of rotatable bonds is 1. The maximum atomic E-state index is 13.2. The highest BCUT2D eigenvalue weighted by Gasteiger charge is 2.49. The van der Waals surface area contributed by atoms with Gasteiger partial charge in [-0.2, -0.15) is 0 Å². The summed E-state index contributed by atoms with van der Waals surface area (Å²) in [4.78, 5) is 13.2. The molecule has 1 amide bonds. The molecule has 0 aromatic rings. The number of alkyl halides is 2. The first-order valence-corrected chi connectivity index (χ1v) is 5.01. The Bertz CT molecular complexity index is 244. The fourth-order valence-electron chi connectivity index (χ4n) is 2.06. The molecule has 0 bridgehead atoms. The summed E-state index contributed by atoms with van der Waals surface area (Å²) < 4.78 is 26.4. The Labute approximate surface area is 93.6 Å². The Morgan fingerprint density at radius 3 is 2.40 bits per heavy atom. The van der Waals surface area contributed by atoms with E-state index in [0.29, 0.717) is 13.1 Å². The Hall–Kier alpha value is -0.420. The largest absolute Gasteiger partial charge is 0.341 e. The van der Waals surface area contributed by atoms with Gasteiger partial charge in [0.05, 0.1) is 0 Å². The van der Waals surface area contributed by atoms with Gasteiger partial charge in [0.25, 0.3) is 5.92 Å². The molecule has 2 rings (SSSR count). The maximum Gasteiger partial charge on any atom is 0.273 e. The number of hydrogen-bond donors (Lipinski definition) is 1. The van der Waals surface area contributed by atoms with E-state index < -0.39 is 17.9 Å². The van der Waals surface area contributed by atoms with Crippen molar-refractivity contribution in [2.45, 2.75) is 31.2 Å². The Kier molecular flexibility index (Phi) is 3.89. The summed E-state index contributed by atoms with van der Waals surface area (Å²) in [6, 6.07) is -1.28. The molecule has 0 unspecified atom stereocenters. The molecule has 2 heterocycles. The molecule has 88 valence electrons. The van der Waals surface area contributed by atoms with Crippen LogP contribution in [0, 0.1) is 0 Å². The molecule has 0 aliphatic carbocycles. The van der Waals surface area contributed by atoms with Crippen LogP contribution in [-0.2, 0) is 4.79 Å². The van der Waals surface area contributed by atoms with E-state index in [-0.39, 0.29) is 25.4 Å². The van der Waals surface area contributed by atoms with Crippen LogP contribution in [0.4, 0.5) is 8.78 Å². The summed E-state index contributed by atoms with van der Waals surface area (Å²) in [6.07, 6.45) is 1.64. The zero-order valence-corrected chi connectivity index (χ0v) is 9.16. The van der Waals surface area contributed by atoms with Crippen molar-refractivity contribution >= 4 is 18.3 Å². The van der Waals surface area contributed by atoms with Crippen molar-refractivity contribution in [2.24, 2.45) is 0 Å². The molecule has 0 saturated carbocycles. The predicted molar refractivity (Wildman–Crippen MR) is 54.4 cm³/mol. The molecule has 2 aliphatic heterocycles. The van der Waals surface area contributed by atoms with Crippen LogP contribution in [0.2, 0.25) is 0 Å². The van der Waals surface area contributed by atoms with Gasteiger partial charge in [-0.1, -0.05) is 0 Å². The Morgan fingerprint density at radius 1 is 1.33 bits per heavy atom. The van der Waals surface area contributed by atoms with Crippen LogP contribution in [-0.4, -0.2) is 42.4 Å². The minimum absolute atomic E-state index is 0. The molecule has 0 spiro atoms. The summed E-state index contributed by atoms with van der Waals surface area (Å²) in [7, 11) is 0. The Balaban J connectivity index is 0.00000112. The third-order valence-corrected chi connectivity index (χ3v) is 2.89. The van der Waals surface area contributed by atoms with Gasteiger partial charge in [0.15, 0.2) is 6.04 Å². The van der Waals surface area contributed by atoms with E-state index in [0.717, 1.165) is 12.8 Å². The van der Waals surface area contributed by atoms with Gasteiger partial charge >= 0.3 is 0 Å². The summed E-state index contributed by atoms with van der Waals surface area (Å²) in [5.74, 6) is -3.29. The molecule has 3 nitrogen and oxygen atoms in total. The number of nitrogens with one attached hydrogen (secondary N) is 1. The molecular formula is C9H15ClF2N2O. The molecule has 1 atom stereocenters. The monoisotopic (exact) mass is 240 g/mol. The number of carbonyl (C=O) groups excluding carboxylic acids is 1. The second kappa shape index (κ2) is 4.61. The molecule has 2 saturated heterocycles. The van der Waals surface area contributed by atoms with Crippen LogP contribution in [0.25, 0.3) is 0 Å². The summed E-state index contributed by atoms with van der Waals surface area (Å²) in [5, 5.41) is 2.58. The van der Waals surface area contributed by atoms with Crippen LogP contribution in [0.15, 0.2) is 0 Å². The van der Waals surface area contributed by atoms with E-state index in [1.807, 2.05) is 0 Å². The molecule has 0 aromatic carbocycles. The molecule has 0 aromatic heterocycles. The third kappa shape index (κ3) is 2.39. The Morgan fingerprint density at radius 2 is 1.93 bits per heavy atom. The lowest BCUT2D eigenvalue weighted by Crippen LogP contribution is -2.49. The van der Waals surface area contributed by atoms with Crippen molar-refractivity contribution in [3.63, 3.8) is 0 Å². The number of halogens is 3.